The van der Waals surface area contributed by atoms with Gasteiger partial charge < -0.3 is 15.0 Å². The average Bonchev–Trinajstić information content (AvgIpc) is 2.56. The molecular formula is C17H26N2O2. The van der Waals surface area contributed by atoms with E-state index in [1.54, 1.807) is 7.11 Å². The molecule has 2 unspecified atom stereocenters. The Morgan fingerprint density at radius 2 is 2.14 bits per heavy atom. The van der Waals surface area contributed by atoms with Crippen LogP contribution in [0.15, 0.2) is 24.3 Å². The number of nitrogens with one attached hydrogen (secondary N) is 1. The minimum Gasteiger partial charge on any atom is -0.497 e. The number of carbonyl (C=O) groups is 1. The number of amides is 1. The van der Waals surface area contributed by atoms with Gasteiger partial charge in [0.2, 0.25) is 5.91 Å². The van der Waals surface area contributed by atoms with E-state index in [0.29, 0.717) is 5.92 Å². The fourth-order valence-corrected chi connectivity index (χ4v) is 3.06. The highest BCUT2D eigenvalue weighted by atomic mass is 16.5. The van der Waals surface area contributed by atoms with Gasteiger partial charge in [-0.25, -0.2) is 0 Å². The summed E-state index contributed by atoms with van der Waals surface area (Å²) in [6.45, 7) is 6.50. The zero-order chi connectivity index (χ0) is 15.2. The number of methoxy groups -OCH3 is 1. The van der Waals surface area contributed by atoms with E-state index in [-0.39, 0.29) is 11.9 Å². The molecule has 0 bridgehead atoms. The van der Waals surface area contributed by atoms with Crippen molar-refractivity contribution >= 4 is 5.91 Å². The summed E-state index contributed by atoms with van der Waals surface area (Å²) in [6.07, 6.45) is 1.93. The van der Waals surface area contributed by atoms with Crippen molar-refractivity contribution in [2.45, 2.75) is 38.6 Å². The van der Waals surface area contributed by atoms with Crippen LogP contribution in [-0.4, -0.2) is 43.6 Å². The summed E-state index contributed by atoms with van der Waals surface area (Å²) in [5.41, 5.74) is 1.27. The molecule has 0 aromatic heterocycles. The molecule has 1 aromatic rings. The van der Waals surface area contributed by atoms with Gasteiger partial charge in [-0.1, -0.05) is 12.1 Å². The van der Waals surface area contributed by atoms with Gasteiger partial charge in [0.1, 0.15) is 5.75 Å². The largest absolute Gasteiger partial charge is 0.497 e. The first-order valence-corrected chi connectivity index (χ1v) is 7.85. The van der Waals surface area contributed by atoms with Crippen LogP contribution in [0.5, 0.6) is 5.75 Å². The van der Waals surface area contributed by atoms with E-state index < -0.39 is 0 Å². The number of nitrogens with zero attached hydrogens (tertiary/aromatic N) is 1. The molecule has 4 heteroatoms. The molecular weight excluding hydrogens is 264 g/mol. The van der Waals surface area contributed by atoms with E-state index in [1.165, 1.54) is 5.56 Å². The highest BCUT2D eigenvalue weighted by Gasteiger charge is 2.29. The molecule has 1 aliphatic heterocycles. The molecule has 1 heterocycles. The van der Waals surface area contributed by atoms with E-state index in [4.69, 9.17) is 4.74 Å². The molecule has 2 atom stereocenters. The number of likely N-dealkylation sites (N-methyl/N-ethyl adjacent to an activating group) is 1. The second kappa shape index (κ2) is 7.46. The van der Waals surface area contributed by atoms with E-state index in [9.17, 15) is 4.79 Å². The Hall–Kier alpha value is -1.55. The third-order valence-electron chi connectivity index (χ3n) is 4.34. The molecule has 1 saturated heterocycles. The topological polar surface area (TPSA) is 41.6 Å². The van der Waals surface area contributed by atoms with Crippen molar-refractivity contribution in [3.8, 4) is 5.75 Å². The molecule has 1 amide bonds. The van der Waals surface area contributed by atoms with Gasteiger partial charge in [0.25, 0.3) is 0 Å². The van der Waals surface area contributed by atoms with Gasteiger partial charge in [-0.05, 0) is 56.8 Å². The second-order valence-electron chi connectivity index (χ2n) is 5.52. The number of rotatable bonds is 5. The highest BCUT2D eigenvalue weighted by molar-refractivity contribution is 5.82. The van der Waals surface area contributed by atoms with Crippen molar-refractivity contribution in [1.82, 2.24) is 10.2 Å². The predicted octanol–water partition coefficient (Wildman–Crippen LogP) is 2.40. The van der Waals surface area contributed by atoms with Crippen LogP contribution in [0.4, 0.5) is 0 Å². The molecule has 1 aliphatic rings. The van der Waals surface area contributed by atoms with Crippen molar-refractivity contribution in [1.29, 1.82) is 0 Å². The van der Waals surface area contributed by atoms with Gasteiger partial charge in [0.05, 0.1) is 13.2 Å². The smallest absolute Gasteiger partial charge is 0.239 e. The van der Waals surface area contributed by atoms with Crippen LogP contribution in [0.1, 0.15) is 38.2 Å². The third kappa shape index (κ3) is 3.76. The lowest BCUT2D eigenvalue weighted by Gasteiger charge is -2.33. The molecule has 2 rings (SSSR count). The first-order chi connectivity index (χ1) is 10.2. The Kier molecular flexibility index (Phi) is 5.62. The fraction of sp³-hybridized carbons (Fsp3) is 0.588. The minimum absolute atomic E-state index is 0.0603. The zero-order valence-corrected chi connectivity index (χ0v) is 13.3. The van der Waals surface area contributed by atoms with Crippen LogP contribution in [-0.2, 0) is 4.79 Å². The Balaban J connectivity index is 2.08. The van der Waals surface area contributed by atoms with Crippen LogP contribution in [0.3, 0.4) is 0 Å². The monoisotopic (exact) mass is 290 g/mol. The van der Waals surface area contributed by atoms with E-state index >= 15 is 0 Å². The van der Waals surface area contributed by atoms with E-state index in [2.05, 4.69) is 17.4 Å². The van der Waals surface area contributed by atoms with Crippen LogP contribution in [0, 0.1) is 0 Å². The van der Waals surface area contributed by atoms with Crippen LogP contribution < -0.4 is 10.1 Å². The third-order valence-corrected chi connectivity index (χ3v) is 4.34. The predicted molar refractivity (Wildman–Crippen MR) is 84.7 cm³/mol. The van der Waals surface area contributed by atoms with Crippen LogP contribution >= 0.6 is 0 Å². The maximum atomic E-state index is 12.5. The molecule has 1 fully saturated rings. The molecule has 0 spiro atoms. The molecule has 1 N–H and O–H groups in total. The number of hydrogen-bond donors (Lipinski definition) is 1. The molecule has 4 nitrogen and oxygen atoms in total. The number of carbonyl (C=O) groups excluding carboxylic acids is 1. The lowest BCUT2D eigenvalue weighted by atomic mass is 9.86. The summed E-state index contributed by atoms with van der Waals surface area (Å²) in [6, 6.07) is 8.15. The van der Waals surface area contributed by atoms with Crippen molar-refractivity contribution in [2.75, 3.05) is 26.7 Å². The molecule has 1 aromatic carbocycles. The van der Waals surface area contributed by atoms with Crippen molar-refractivity contribution in [3.05, 3.63) is 29.8 Å². The number of hydrogen-bond acceptors (Lipinski definition) is 3. The van der Waals surface area contributed by atoms with Gasteiger partial charge in [0.15, 0.2) is 0 Å². The summed E-state index contributed by atoms with van der Waals surface area (Å²) in [7, 11) is 1.69. The lowest BCUT2D eigenvalue weighted by molar-refractivity contribution is -0.133. The van der Waals surface area contributed by atoms with Gasteiger partial charge in [0, 0.05) is 13.1 Å². The maximum absolute atomic E-state index is 12.5. The Bertz CT molecular complexity index is 472. The van der Waals surface area contributed by atoms with Gasteiger partial charge in [-0.15, -0.1) is 0 Å². The van der Waals surface area contributed by atoms with Crippen LogP contribution in [0.2, 0.25) is 0 Å². The Morgan fingerprint density at radius 1 is 1.38 bits per heavy atom. The highest BCUT2D eigenvalue weighted by Crippen LogP contribution is 2.30. The lowest BCUT2D eigenvalue weighted by Crippen LogP contribution is -2.49. The quantitative estimate of drug-likeness (QED) is 0.905. The van der Waals surface area contributed by atoms with Gasteiger partial charge in [-0.3, -0.25) is 4.79 Å². The molecule has 0 aliphatic carbocycles. The standard InChI is InChI=1S/C17H26N2O2/c1-4-19(5-2)17(20)16-12-14(9-10-18-16)13-7-6-8-15(11-13)21-3/h6-8,11,14,16,18H,4-5,9-10,12H2,1-3H3. The Labute approximate surface area is 127 Å². The molecule has 116 valence electrons. The minimum atomic E-state index is -0.0603. The Morgan fingerprint density at radius 3 is 2.81 bits per heavy atom. The summed E-state index contributed by atoms with van der Waals surface area (Å²) >= 11 is 0. The van der Waals surface area contributed by atoms with E-state index in [1.807, 2.05) is 30.9 Å². The molecule has 0 radical (unpaired) electrons. The summed E-state index contributed by atoms with van der Waals surface area (Å²) < 4.78 is 5.30. The molecule has 21 heavy (non-hydrogen) atoms. The first kappa shape index (κ1) is 15.8. The average molecular weight is 290 g/mol. The number of benzene rings is 1. The van der Waals surface area contributed by atoms with E-state index in [0.717, 1.165) is 38.2 Å². The first-order valence-electron chi connectivity index (χ1n) is 7.85. The SMILES string of the molecule is CCN(CC)C(=O)C1CC(c2cccc(OC)c2)CCN1. The van der Waals surface area contributed by atoms with Crippen molar-refractivity contribution < 1.29 is 9.53 Å². The van der Waals surface area contributed by atoms with Gasteiger partial charge >= 0.3 is 0 Å². The second-order valence-corrected chi connectivity index (χ2v) is 5.52. The van der Waals surface area contributed by atoms with Crippen LogP contribution in [0.25, 0.3) is 0 Å². The summed E-state index contributed by atoms with van der Waals surface area (Å²) in [5, 5.41) is 3.37. The summed E-state index contributed by atoms with van der Waals surface area (Å²) in [4.78, 5) is 14.4. The fourth-order valence-electron chi connectivity index (χ4n) is 3.06. The van der Waals surface area contributed by atoms with Crippen molar-refractivity contribution in [2.24, 2.45) is 0 Å². The number of ether oxygens (including phenoxy) is 1. The normalized spacial score (nSPS) is 21.9. The van der Waals surface area contributed by atoms with Crippen molar-refractivity contribution in [3.63, 3.8) is 0 Å². The number of piperidine rings is 1. The van der Waals surface area contributed by atoms with Gasteiger partial charge in [-0.2, -0.15) is 0 Å². The summed E-state index contributed by atoms with van der Waals surface area (Å²) in [5.74, 6) is 1.54. The zero-order valence-electron chi connectivity index (χ0n) is 13.3. The molecule has 0 saturated carbocycles. The maximum Gasteiger partial charge on any atom is 0.239 e.